The van der Waals surface area contributed by atoms with E-state index in [-0.39, 0.29) is 11.8 Å². The number of thioether (sulfide) groups is 1. The molecule has 0 aliphatic carbocycles. The lowest BCUT2D eigenvalue weighted by Gasteiger charge is -2.20. The summed E-state index contributed by atoms with van der Waals surface area (Å²) in [5.74, 6) is 0.298. The number of nitrogens with one attached hydrogen (secondary N) is 1. The highest BCUT2D eigenvalue weighted by atomic mass is 32.2. The number of methoxy groups -OCH3 is 1. The quantitative estimate of drug-likeness (QED) is 0.491. The maximum absolute atomic E-state index is 12.7. The van der Waals surface area contributed by atoms with Crippen LogP contribution in [0.4, 0.5) is 0 Å². The second-order valence-corrected chi connectivity index (χ2v) is 8.35. The zero-order valence-corrected chi connectivity index (χ0v) is 18.5. The summed E-state index contributed by atoms with van der Waals surface area (Å²) < 4.78 is 10.2. The third-order valence-electron chi connectivity index (χ3n) is 5.22. The lowest BCUT2D eigenvalue weighted by Crippen LogP contribution is -2.35. The van der Waals surface area contributed by atoms with E-state index in [1.807, 2.05) is 17.0 Å². The van der Waals surface area contributed by atoms with Crippen molar-refractivity contribution in [1.29, 1.82) is 0 Å². The second-order valence-electron chi connectivity index (χ2n) is 7.33. The third kappa shape index (κ3) is 6.37. The number of esters is 1. The van der Waals surface area contributed by atoms with E-state index in [1.54, 1.807) is 18.2 Å². The van der Waals surface area contributed by atoms with Gasteiger partial charge in [0.05, 0.1) is 24.7 Å². The summed E-state index contributed by atoms with van der Waals surface area (Å²) in [4.78, 5) is 39.6. The molecule has 8 heteroatoms. The summed E-state index contributed by atoms with van der Waals surface area (Å²) in [6.07, 6.45) is 6.20. The Morgan fingerprint density at radius 1 is 1.06 bits per heavy atom. The van der Waals surface area contributed by atoms with Gasteiger partial charge in [0.25, 0.3) is 5.91 Å². The number of hydrogen-bond acceptors (Lipinski definition) is 6. The van der Waals surface area contributed by atoms with E-state index in [2.05, 4.69) is 5.32 Å². The van der Waals surface area contributed by atoms with Crippen LogP contribution < -0.4 is 5.32 Å². The molecule has 1 aliphatic rings. The summed E-state index contributed by atoms with van der Waals surface area (Å²) in [7, 11) is 1.32. The second kappa shape index (κ2) is 11.6. The molecule has 1 fully saturated rings. The van der Waals surface area contributed by atoms with Crippen LogP contribution in [0.25, 0.3) is 0 Å². The Balaban J connectivity index is 1.54. The average molecular weight is 445 g/mol. The Morgan fingerprint density at radius 3 is 2.55 bits per heavy atom. The van der Waals surface area contributed by atoms with Crippen molar-refractivity contribution in [1.82, 2.24) is 10.2 Å². The topological polar surface area (TPSA) is 88.8 Å². The normalized spacial score (nSPS) is 14.0. The van der Waals surface area contributed by atoms with Crippen LogP contribution in [-0.4, -0.2) is 49.4 Å². The molecule has 0 atom stereocenters. The van der Waals surface area contributed by atoms with Gasteiger partial charge in [-0.1, -0.05) is 25.0 Å². The van der Waals surface area contributed by atoms with Gasteiger partial charge in [-0.25, -0.2) is 4.79 Å². The Morgan fingerprint density at radius 2 is 1.81 bits per heavy atom. The summed E-state index contributed by atoms with van der Waals surface area (Å²) in [6, 6.07) is 8.82. The van der Waals surface area contributed by atoms with Gasteiger partial charge in [-0.2, -0.15) is 0 Å². The van der Waals surface area contributed by atoms with Gasteiger partial charge in [-0.05, 0) is 31.0 Å². The van der Waals surface area contributed by atoms with Crippen LogP contribution in [-0.2, 0) is 15.3 Å². The highest BCUT2D eigenvalue weighted by Crippen LogP contribution is 2.28. The Bertz CT molecular complexity index is 903. The van der Waals surface area contributed by atoms with Crippen molar-refractivity contribution in [3.8, 4) is 0 Å². The van der Waals surface area contributed by atoms with Crippen LogP contribution in [0, 0.1) is 0 Å². The number of furan rings is 1. The van der Waals surface area contributed by atoms with Gasteiger partial charge in [0.2, 0.25) is 5.91 Å². The molecule has 1 N–H and O–H groups in total. The fourth-order valence-electron chi connectivity index (χ4n) is 3.52. The molecule has 0 unspecified atom stereocenters. The molecule has 2 heterocycles. The minimum absolute atomic E-state index is 0.0954. The van der Waals surface area contributed by atoms with Gasteiger partial charge >= 0.3 is 5.97 Å². The van der Waals surface area contributed by atoms with Gasteiger partial charge in [0.15, 0.2) is 0 Å². The first-order valence-corrected chi connectivity index (χ1v) is 11.5. The zero-order chi connectivity index (χ0) is 22.1. The average Bonchev–Trinajstić information content (AvgIpc) is 3.09. The number of rotatable bonds is 8. The molecule has 166 valence electrons. The largest absolute Gasteiger partial charge is 0.468 e. The van der Waals surface area contributed by atoms with E-state index < -0.39 is 5.97 Å². The first-order chi connectivity index (χ1) is 15.1. The number of carbonyl (C=O) groups is 3. The van der Waals surface area contributed by atoms with Gasteiger partial charge in [0.1, 0.15) is 11.3 Å². The molecule has 31 heavy (non-hydrogen) atoms. The number of nitrogens with zero attached hydrogens (tertiary/aromatic N) is 1. The highest BCUT2D eigenvalue weighted by Gasteiger charge is 2.18. The molecule has 2 amide bonds. The number of amides is 2. The molecule has 1 aromatic carbocycles. The summed E-state index contributed by atoms with van der Waals surface area (Å²) >= 11 is 1.40. The molecule has 0 radical (unpaired) electrons. The predicted molar refractivity (Wildman–Crippen MR) is 118 cm³/mol. The number of carbonyl (C=O) groups excluding carboxylic acids is 3. The van der Waals surface area contributed by atoms with Crippen molar-refractivity contribution in [3.63, 3.8) is 0 Å². The minimum atomic E-state index is -0.454. The van der Waals surface area contributed by atoms with E-state index >= 15 is 0 Å². The van der Waals surface area contributed by atoms with Crippen LogP contribution in [0.2, 0.25) is 0 Å². The summed E-state index contributed by atoms with van der Waals surface area (Å²) in [5.41, 5.74) is 0.907. The molecule has 0 bridgehead atoms. The fourth-order valence-corrected chi connectivity index (χ4v) is 4.53. The van der Waals surface area contributed by atoms with E-state index in [4.69, 9.17) is 9.15 Å². The Kier molecular flexibility index (Phi) is 8.58. The molecule has 0 spiro atoms. The van der Waals surface area contributed by atoms with E-state index in [0.717, 1.165) is 30.8 Å². The maximum Gasteiger partial charge on any atom is 0.341 e. The van der Waals surface area contributed by atoms with Crippen molar-refractivity contribution in [2.75, 3.05) is 26.7 Å². The molecule has 3 rings (SSSR count). The third-order valence-corrected chi connectivity index (χ3v) is 6.30. The maximum atomic E-state index is 12.7. The van der Waals surface area contributed by atoms with E-state index in [9.17, 15) is 14.4 Å². The van der Waals surface area contributed by atoms with Crippen molar-refractivity contribution < 1.29 is 23.5 Å². The molecule has 1 aromatic heterocycles. The van der Waals surface area contributed by atoms with E-state index in [1.165, 1.54) is 38.0 Å². The number of ether oxygens (including phenoxy) is 1. The highest BCUT2D eigenvalue weighted by molar-refractivity contribution is 7.98. The van der Waals surface area contributed by atoms with Gasteiger partial charge in [0, 0.05) is 31.0 Å². The molecular formula is C23H28N2O5S. The van der Waals surface area contributed by atoms with Crippen molar-refractivity contribution in [2.24, 2.45) is 0 Å². The molecule has 1 aliphatic heterocycles. The number of likely N-dealkylation sites (tertiary alicyclic amines) is 1. The van der Waals surface area contributed by atoms with Crippen LogP contribution in [0.5, 0.6) is 0 Å². The van der Waals surface area contributed by atoms with Crippen LogP contribution in [0.1, 0.15) is 58.6 Å². The molecule has 0 saturated carbocycles. The van der Waals surface area contributed by atoms with Crippen LogP contribution >= 0.6 is 11.8 Å². The molecule has 2 aromatic rings. The predicted octanol–water partition coefficient (Wildman–Crippen LogP) is 3.88. The number of benzene rings is 1. The standard InChI is InChI=1S/C23H28N2O5S/c1-29-23(28)17-11-15-30-19(17)16-31-20-9-5-4-8-18(20)22(27)24-12-10-21(26)25-13-6-2-3-7-14-25/h4-5,8-9,11,15H,2-3,6-7,10,12-14,16H2,1H3,(H,24,27). The van der Waals surface area contributed by atoms with Crippen molar-refractivity contribution in [2.45, 2.75) is 42.8 Å². The van der Waals surface area contributed by atoms with Gasteiger partial charge < -0.3 is 19.4 Å². The first kappa shape index (κ1) is 22.9. The fraction of sp³-hybridized carbons (Fsp3) is 0.435. The molecule has 1 saturated heterocycles. The lowest BCUT2D eigenvalue weighted by molar-refractivity contribution is -0.131. The minimum Gasteiger partial charge on any atom is -0.468 e. The number of hydrogen-bond donors (Lipinski definition) is 1. The summed E-state index contributed by atoms with van der Waals surface area (Å²) in [5, 5.41) is 2.86. The monoisotopic (exact) mass is 444 g/mol. The van der Waals surface area contributed by atoms with Crippen LogP contribution in [0.15, 0.2) is 45.9 Å². The smallest absolute Gasteiger partial charge is 0.341 e. The Hall–Kier alpha value is -2.74. The van der Waals surface area contributed by atoms with Gasteiger partial charge in [-0.15, -0.1) is 11.8 Å². The van der Waals surface area contributed by atoms with Crippen LogP contribution in [0.3, 0.4) is 0 Å². The lowest BCUT2D eigenvalue weighted by atomic mass is 10.2. The Labute approximate surface area is 186 Å². The summed E-state index contributed by atoms with van der Waals surface area (Å²) in [6.45, 7) is 1.93. The molecule has 7 nitrogen and oxygen atoms in total. The van der Waals surface area contributed by atoms with Crippen molar-refractivity contribution in [3.05, 3.63) is 53.5 Å². The SMILES string of the molecule is COC(=O)c1ccoc1CSc1ccccc1C(=O)NCCC(=O)N1CCCCCC1. The molecular weight excluding hydrogens is 416 g/mol. The van der Waals surface area contributed by atoms with Crippen molar-refractivity contribution >= 4 is 29.5 Å². The van der Waals surface area contributed by atoms with E-state index in [0.29, 0.717) is 35.6 Å². The first-order valence-electron chi connectivity index (χ1n) is 10.5. The van der Waals surface area contributed by atoms with Gasteiger partial charge in [-0.3, -0.25) is 9.59 Å². The zero-order valence-electron chi connectivity index (χ0n) is 17.7.